The van der Waals surface area contributed by atoms with E-state index < -0.39 is 16.6 Å². The minimum absolute atomic E-state index is 1.11. The number of benzene rings is 2. The van der Waals surface area contributed by atoms with Crippen molar-refractivity contribution in [1.82, 2.24) is 0 Å². The van der Waals surface area contributed by atoms with Crippen LogP contribution in [0.4, 0.5) is 0 Å². The average molecular weight is 395 g/mol. The van der Waals surface area contributed by atoms with Crippen LogP contribution in [0.3, 0.4) is 0 Å². The number of hydrogen-bond donors (Lipinski definition) is 0. The molecule has 0 N–H and O–H groups in total. The molecule has 0 fully saturated rings. The van der Waals surface area contributed by atoms with Crippen LogP contribution in [0.25, 0.3) is 12.2 Å². The van der Waals surface area contributed by atoms with Crippen molar-refractivity contribution in [2.24, 2.45) is 0 Å². The van der Waals surface area contributed by atoms with E-state index in [0.717, 1.165) is 24.2 Å². The van der Waals surface area contributed by atoms with Crippen molar-refractivity contribution in [1.29, 1.82) is 0 Å². The Morgan fingerprint density at radius 1 is 0.630 bits per heavy atom. The molecule has 27 heavy (non-hydrogen) atoms. The fourth-order valence-corrected chi connectivity index (χ4v) is 14.4. The SMILES string of the molecule is C=Cc1ccc([Si](CC)(CC)O[Si](CC)(CC)c2ccc(C=C)cc2)cc1. The zero-order valence-corrected chi connectivity index (χ0v) is 19.4. The Morgan fingerprint density at radius 3 is 1.15 bits per heavy atom. The zero-order valence-electron chi connectivity index (χ0n) is 17.4. The van der Waals surface area contributed by atoms with Crippen LogP contribution in [0.15, 0.2) is 61.7 Å². The summed E-state index contributed by atoms with van der Waals surface area (Å²) in [4.78, 5) is 0. The van der Waals surface area contributed by atoms with Crippen molar-refractivity contribution in [2.45, 2.75) is 51.9 Å². The minimum atomic E-state index is -2.03. The molecule has 0 aromatic heterocycles. The van der Waals surface area contributed by atoms with Gasteiger partial charge in [0, 0.05) is 0 Å². The van der Waals surface area contributed by atoms with Crippen LogP contribution < -0.4 is 10.4 Å². The van der Waals surface area contributed by atoms with Gasteiger partial charge in [-0.2, -0.15) is 0 Å². The molecule has 0 spiro atoms. The lowest BCUT2D eigenvalue weighted by atomic mass is 10.2. The van der Waals surface area contributed by atoms with E-state index >= 15 is 0 Å². The first-order valence-electron chi connectivity index (χ1n) is 10.2. The Kier molecular flexibility index (Phi) is 7.60. The highest BCUT2D eigenvalue weighted by Crippen LogP contribution is 2.28. The monoisotopic (exact) mass is 394 g/mol. The molecule has 3 heteroatoms. The average Bonchev–Trinajstić information content (AvgIpc) is 2.76. The van der Waals surface area contributed by atoms with Gasteiger partial charge < -0.3 is 4.12 Å². The van der Waals surface area contributed by atoms with Crippen molar-refractivity contribution in [3.63, 3.8) is 0 Å². The van der Waals surface area contributed by atoms with E-state index in [9.17, 15) is 0 Å². The Morgan fingerprint density at radius 2 is 0.926 bits per heavy atom. The maximum Gasteiger partial charge on any atom is 0.211 e. The van der Waals surface area contributed by atoms with Crippen molar-refractivity contribution >= 4 is 39.2 Å². The third kappa shape index (κ3) is 4.42. The molecule has 0 aliphatic heterocycles. The highest BCUT2D eigenvalue weighted by Gasteiger charge is 2.44. The molecule has 0 heterocycles. The molecule has 2 aromatic carbocycles. The topological polar surface area (TPSA) is 9.23 Å². The second kappa shape index (κ2) is 9.49. The summed E-state index contributed by atoms with van der Waals surface area (Å²) in [6.07, 6.45) is 3.81. The van der Waals surface area contributed by atoms with Gasteiger partial charge in [0.1, 0.15) is 0 Å². The van der Waals surface area contributed by atoms with Gasteiger partial charge in [-0.3, -0.25) is 0 Å². The van der Waals surface area contributed by atoms with E-state index in [-0.39, 0.29) is 0 Å². The van der Waals surface area contributed by atoms with Crippen LogP contribution in [0.5, 0.6) is 0 Å². The van der Waals surface area contributed by atoms with Gasteiger partial charge in [-0.25, -0.2) is 0 Å². The maximum absolute atomic E-state index is 7.37. The first-order chi connectivity index (χ1) is 13.0. The molecular formula is C24H34OSi2. The van der Waals surface area contributed by atoms with Crippen LogP contribution in [0.1, 0.15) is 38.8 Å². The lowest BCUT2D eigenvalue weighted by Crippen LogP contribution is -2.62. The van der Waals surface area contributed by atoms with E-state index in [0.29, 0.717) is 0 Å². The van der Waals surface area contributed by atoms with Crippen molar-refractivity contribution in [3.05, 3.63) is 72.8 Å². The standard InChI is InChI=1S/C24H34OSi2/c1-7-21-13-17-23(18-14-21)26(9-3,10-4)25-27(11-5,12-6)24-19-15-22(8-2)16-20-24/h7-8,13-20H,1-2,9-12H2,3-6H3. The predicted molar refractivity (Wildman–Crippen MR) is 127 cm³/mol. The van der Waals surface area contributed by atoms with Crippen LogP contribution in [0.2, 0.25) is 24.2 Å². The molecule has 144 valence electrons. The molecule has 2 rings (SSSR count). The molecule has 0 unspecified atom stereocenters. The summed E-state index contributed by atoms with van der Waals surface area (Å²) >= 11 is 0. The van der Waals surface area contributed by atoms with Gasteiger partial charge in [0.15, 0.2) is 0 Å². The van der Waals surface area contributed by atoms with Gasteiger partial charge in [-0.1, -0.05) is 102 Å². The Labute approximate surface area is 168 Å². The highest BCUT2D eigenvalue weighted by molar-refractivity contribution is 6.98. The van der Waals surface area contributed by atoms with Crippen molar-refractivity contribution in [2.75, 3.05) is 0 Å². The third-order valence-corrected chi connectivity index (χ3v) is 16.5. The number of hydrogen-bond acceptors (Lipinski definition) is 1. The molecule has 0 aliphatic rings. The second-order valence-electron chi connectivity index (χ2n) is 7.16. The second-order valence-corrected chi connectivity index (χ2v) is 15.9. The van der Waals surface area contributed by atoms with Gasteiger partial charge in [0.05, 0.1) is 0 Å². The van der Waals surface area contributed by atoms with Crippen LogP contribution in [-0.2, 0) is 4.12 Å². The van der Waals surface area contributed by atoms with E-state index in [1.807, 2.05) is 12.2 Å². The van der Waals surface area contributed by atoms with Crippen molar-refractivity contribution in [3.8, 4) is 0 Å². The molecule has 0 radical (unpaired) electrons. The molecule has 0 amide bonds. The van der Waals surface area contributed by atoms with E-state index in [1.165, 1.54) is 21.5 Å². The molecule has 1 nitrogen and oxygen atoms in total. The largest absolute Gasteiger partial charge is 0.448 e. The Bertz CT molecular complexity index is 673. The Hall–Kier alpha value is -1.69. The maximum atomic E-state index is 7.37. The fourth-order valence-electron chi connectivity index (χ4n) is 3.94. The van der Waals surface area contributed by atoms with Gasteiger partial charge >= 0.3 is 0 Å². The third-order valence-electron chi connectivity index (χ3n) is 6.02. The predicted octanol–water partition coefficient (Wildman–Crippen LogP) is 6.07. The van der Waals surface area contributed by atoms with Crippen molar-refractivity contribution < 1.29 is 4.12 Å². The molecule has 0 atom stereocenters. The van der Waals surface area contributed by atoms with E-state index in [1.54, 1.807) is 0 Å². The van der Waals surface area contributed by atoms with Gasteiger partial charge in [-0.05, 0) is 45.7 Å². The summed E-state index contributed by atoms with van der Waals surface area (Å²) in [7, 11) is -4.06. The van der Waals surface area contributed by atoms with Gasteiger partial charge in [-0.15, -0.1) is 0 Å². The van der Waals surface area contributed by atoms with Crippen LogP contribution in [-0.4, -0.2) is 16.6 Å². The van der Waals surface area contributed by atoms with Crippen LogP contribution >= 0.6 is 0 Å². The van der Waals surface area contributed by atoms with Gasteiger partial charge in [0.25, 0.3) is 0 Å². The summed E-state index contributed by atoms with van der Waals surface area (Å²) < 4.78 is 7.37. The Balaban J connectivity index is 2.49. The first-order valence-corrected chi connectivity index (χ1v) is 14.8. The highest BCUT2D eigenvalue weighted by atomic mass is 28.4. The molecular weight excluding hydrogens is 360 g/mol. The summed E-state index contributed by atoms with van der Waals surface area (Å²) in [5.74, 6) is 0. The first kappa shape index (κ1) is 21.6. The molecule has 0 saturated carbocycles. The number of rotatable bonds is 10. The molecule has 0 bridgehead atoms. The molecule has 0 aliphatic carbocycles. The summed E-state index contributed by atoms with van der Waals surface area (Å²) in [6, 6.07) is 22.3. The summed E-state index contributed by atoms with van der Waals surface area (Å²) in [5, 5.41) is 2.83. The molecule has 2 aromatic rings. The smallest absolute Gasteiger partial charge is 0.211 e. The van der Waals surface area contributed by atoms with E-state index in [2.05, 4.69) is 89.4 Å². The quantitative estimate of drug-likeness (QED) is 0.444. The zero-order chi connectivity index (χ0) is 19.9. The summed E-state index contributed by atoms with van der Waals surface area (Å²) in [6.45, 7) is 17.0. The van der Waals surface area contributed by atoms with E-state index in [4.69, 9.17) is 4.12 Å². The fraction of sp³-hybridized carbons (Fsp3) is 0.333. The lowest BCUT2D eigenvalue weighted by molar-refractivity contribution is 0.540. The van der Waals surface area contributed by atoms with Crippen LogP contribution in [0, 0.1) is 0 Å². The van der Waals surface area contributed by atoms with Gasteiger partial charge in [0.2, 0.25) is 16.6 Å². The minimum Gasteiger partial charge on any atom is -0.448 e. The normalized spacial score (nSPS) is 12.0. The summed E-state index contributed by atoms with van der Waals surface area (Å²) in [5.41, 5.74) is 2.34. The molecule has 0 saturated heterocycles. The lowest BCUT2D eigenvalue weighted by Gasteiger charge is -2.41.